The summed E-state index contributed by atoms with van der Waals surface area (Å²) in [6.07, 6.45) is 0. The number of carboxylic acid groups (broad SMARTS) is 1. The molecule has 0 aromatic heterocycles. The first kappa shape index (κ1) is 11.4. The number of aliphatic hydroxyl groups excluding tert-OH is 1. The van der Waals surface area contributed by atoms with Gasteiger partial charge in [-0.3, -0.25) is 4.79 Å². The van der Waals surface area contributed by atoms with Gasteiger partial charge in [0, 0.05) is 5.56 Å². The molecule has 0 amide bonds. The van der Waals surface area contributed by atoms with Gasteiger partial charge in [0.2, 0.25) is 11.4 Å². The zero-order valence-electron chi connectivity index (χ0n) is 7.75. The van der Waals surface area contributed by atoms with Gasteiger partial charge in [0.25, 0.3) is 0 Å². The second-order valence-electron chi connectivity index (χ2n) is 3.02. The number of benzene rings is 1. The minimum Gasteiger partial charge on any atom is -0.479 e. The third-order valence-electron chi connectivity index (χ3n) is 1.99. The Labute approximate surface area is 85.6 Å². The highest BCUT2D eigenvalue weighted by Crippen LogP contribution is 2.13. The second kappa shape index (κ2) is 4.20. The fraction of sp³-hybridized carbons (Fsp3) is 0.200. The maximum atomic E-state index is 11.5. The molecule has 1 aromatic rings. The summed E-state index contributed by atoms with van der Waals surface area (Å²) < 4.78 is 0. The molecule has 0 aliphatic heterocycles. The minimum atomic E-state index is -2.76. The molecule has 5 heteroatoms. The van der Waals surface area contributed by atoms with Crippen molar-refractivity contribution in [3.8, 4) is 0 Å². The van der Waals surface area contributed by atoms with Gasteiger partial charge in [-0.05, 0) is 0 Å². The van der Waals surface area contributed by atoms with Crippen LogP contribution in [0, 0.1) is 0 Å². The first-order valence-corrected chi connectivity index (χ1v) is 4.19. The SMILES string of the molecule is O=C(O)C(O)(CO)C(=O)c1ccccc1. The van der Waals surface area contributed by atoms with Crippen LogP contribution in [0.3, 0.4) is 0 Å². The van der Waals surface area contributed by atoms with E-state index in [4.69, 9.17) is 10.2 Å². The number of Topliss-reactive ketones (excluding diaryl/α,β-unsaturated/α-hetero) is 1. The maximum Gasteiger partial charge on any atom is 0.346 e. The zero-order chi connectivity index (χ0) is 11.5. The number of rotatable bonds is 4. The van der Waals surface area contributed by atoms with E-state index in [1.807, 2.05) is 0 Å². The minimum absolute atomic E-state index is 0.0384. The van der Waals surface area contributed by atoms with Crippen molar-refractivity contribution in [1.29, 1.82) is 0 Å². The molecule has 15 heavy (non-hydrogen) atoms. The highest BCUT2D eigenvalue weighted by atomic mass is 16.4. The predicted molar refractivity (Wildman–Crippen MR) is 50.4 cm³/mol. The van der Waals surface area contributed by atoms with Gasteiger partial charge >= 0.3 is 5.97 Å². The fourth-order valence-electron chi connectivity index (χ4n) is 1.06. The summed E-state index contributed by atoms with van der Waals surface area (Å²) in [6.45, 7) is -1.16. The highest BCUT2D eigenvalue weighted by molar-refractivity contribution is 6.14. The fourth-order valence-corrected chi connectivity index (χ4v) is 1.06. The first-order chi connectivity index (χ1) is 7.02. The Morgan fingerprint density at radius 1 is 1.20 bits per heavy atom. The number of hydrogen-bond acceptors (Lipinski definition) is 4. The van der Waals surface area contributed by atoms with Gasteiger partial charge in [-0.25, -0.2) is 4.79 Å². The molecule has 0 aliphatic carbocycles. The van der Waals surface area contributed by atoms with Crippen LogP contribution in [0.15, 0.2) is 30.3 Å². The molecule has 5 nitrogen and oxygen atoms in total. The lowest BCUT2D eigenvalue weighted by Crippen LogP contribution is -2.49. The lowest BCUT2D eigenvalue weighted by molar-refractivity contribution is -0.156. The summed E-state index contributed by atoms with van der Waals surface area (Å²) in [4.78, 5) is 22.2. The van der Waals surface area contributed by atoms with Gasteiger partial charge in [-0.2, -0.15) is 0 Å². The number of aliphatic carboxylic acids is 1. The molecule has 1 unspecified atom stereocenters. The second-order valence-corrected chi connectivity index (χ2v) is 3.02. The van der Waals surface area contributed by atoms with Crippen LogP contribution in [0.25, 0.3) is 0 Å². The Bertz CT molecular complexity index is 373. The molecule has 1 rings (SSSR count). The van der Waals surface area contributed by atoms with E-state index in [1.165, 1.54) is 24.3 Å². The summed E-state index contributed by atoms with van der Waals surface area (Å²) in [5.41, 5.74) is -2.72. The van der Waals surface area contributed by atoms with Gasteiger partial charge in [0.15, 0.2) is 0 Å². The predicted octanol–water partition coefficient (Wildman–Crippen LogP) is -0.323. The Morgan fingerprint density at radius 3 is 2.13 bits per heavy atom. The lowest BCUT2D eigenvalue weighted by atomic mass is 9.94. The summed E-state index contributed by atoms with van der Waals surface area (Å²) in [6, 6.07) is 7.45. The summed E-state index contributed by atoms with van der Waals surface area (Å²) in [5, 5.41) is 26.8. The third-order valence-corrected chi connectivity index (χ3v) is 1.99. The van der Waals surface area contributed by atoms with E-state index in [0.717, 1.165) is 0 Å². The van der Waals surface area contributed by atoms with E-state index < -0.39 is 24.0 Å². The number of carbonyl (C=O) groups excluding carboxylic acids is 1. The number of ketones is 1. The molecule has 0 aliphatic rings. The lowest BCUT2D eigenvalue weighted by Gasteiger charge is -2.18. The highest BCUT2D eigenvalue weighted by Gasteiger charge is 2.44. The van der Waals surface area contributed by atoms with Crippen molar-refractivity contribution in [2.24, 2.45) is 0 Å². The van der Waals surface area contributed by atoms with E-state index in [1.54, 1.807) is 6.07 Å². The molecular weight excluding hydrogens is 200 g/mol. The van der Waals surface area contributed by atoms with Gasteiger partial charge < -0.3 is 15.3 Å². The van der Waals surface area contributed by atoms with Crippen LogP contribution >= 0.6 is 0 Å². The van der Waals surface area contributed by atoms with Crippen LogP contribution in [-0.4, -0.2) is 39.3 Å². The average molecular weight is 210 g/mol. The molecule has 0 fully saturated rings. The van der Waals surface area contributed by atoms with E-state index in [0.29, 0.717) is 0 Å². The van der Waals surface area contributed by atoms with Gasteiger partial charge in [0.1, 0.15) is 0 Å². The molecule has 0 radical (unpaired) electrons. The van der Waals surface area contributed by atoms with E-state index in [-0.39, 0.29) is 5.56 Å². The number of aliphatic hydroxyl groups is 2. The van der Waals surface area contributed by atoms with Crippen LogP contribution in [0.5, 0.6) is 0 Å². The molecular formula is C10H10O5. The molecule has 0 saturated heterocycles. The van der Waals surface area contributed by atoms with Gasteiger partial charge in [0.05, 0.1) is 6.61 Å². The van der Waals surface area contributed by atoms with Gasteiger partial charge in [-0.1, -0.05) is 30.3 Å². The van der Waals surface area contributed by atoms with Crippen molar-refractivity contribution in [2.45, 2.75) is 5.60 Å². The zero-order valence-corrected chi connectivity index (χ0v) is 7.75. The quantitative estimate of drug-likeness (QED) is 0.467. The topological polar surface area (TPSA) is 94.8 Å². The largest absolute Gasteiger partial charge is 0.479 e. The maximum absolute atomic E-state index is 11.5. The Morgan fingerprint density at radius 2 is 1.73 bits per heavy atom. The van der Waals surface area contributed by atoms with E-state index in [2.05, 4.69) is 0 Å². The Kier molecular flexibility index (Phi) is 3.18. The standard InChI is InChI=1S/C10H10O5/c11-6-10(15,9(13)14)8(12)7-4-2-1-3-5-7/h1-5,11,15H,6H2,(H,13,14). The molecule has 3 N–H and O–H groups in total. The van der Waals surface area contributed by atoms with Gasteiger partial charge in [-0.15, -0.1) is 0 Å². The summed E-state index contributed by atoms with van der Waals surface area (Å²) in [7, 11) is 0. The van der Waals surface area contributed by atoms with Crippen molar-refractivity contribution in [3.63, 3.8) is 0 Å². The van der Waals surface area contributed by atoms with Crippen LogP contribution in [0.1, 0.15) is 10.4 Å². The summed E-state index contributed by atoms with van der Waals surface area (Å²) in [5.74, 6) is -2.79. The van der Waals surface area contributed by atoms with Crippen LogP contribution < -0.4 is 0 Å². The van der Waals surface area contributed by atoms with Crippen LogP contribution in [0.2, 0.25) is 0 Å². The first-order valence-electron chi connectivity index (χ1n) is 4.19. The van der Waals surface area contributed by atoms with Crippen LogP contribution in [0.4, 0.5) is 0 Å². The normalized spacial score (nSPS) is 14.3. The molecule has 0 saturated carbocycles. The van der Waals surface area contributed by atoms with Crippen molar-refractivity contribution in [1.82, 2.24) is 0 Å². The summed E-state index contributed by atoms with van der Waals surface area (Å²) >= 11 is 0. The molecule has 0 bridgehead atoms. The smallest absolute Gasteiger partial charge is 0.346 e. The Hall–Kier alpha value is -1.72. The van der Waals surface area contributed by atoms with E-state index in [9.17, 15) is 14.7 Å². The van der Waals surface area contributed by atoms with Crippen molar-refractivity contribution < 1.29 is 24.9 Å². The number of hydrogen-bond donors (Lipinski definition) is 3. The van der Waals surface area contributed by atoms with Crippen molar-refractivity contribution in [2.75, 3.05) is 6.61 Å². The molecule has 80 valence electrons. The van der Waals surface area contributed by atoms with E-state index >= 15 is 0 Å². The van der Waals surface area contributed by atoms with Crippen LogP contribution in [-0.2, 0) is 4.79 Å². The molecule has 0 spiro atoms. The van der Waals surface area contributed by atoms with Crippen molar-refractivity contribution in [3.05, 3.63) is 35.9 Å². The average Bonchev–Trinajstić information content (AvgIpc) is 2.28. The number of carboxylic acids is 1. The molecule has 0 heterocycles. The molecule has 1 aromatic carbocycles. The Balaban J connectivity index is 3.08. The number of carbonyl (C=O) groups is 2. The monoisotopic (exact) mass is 210 g/mol. The third kappa shape index (κ3) is 2.03. The van der Waals surface area contributed by atoms with Crippen molar-refractivity contribution >= 4 is 11.8 Å². The molecule has 1 atom stereocenters.